The van der Waals surface area contributed by atoms with Crippen LogP contribution in [0.25, 0.3) is 0 Å². The Kier molecular flexibility index (Phi) is 3.82. The molecule has 1 aromatic rings. The average molecular weight is 235 g/mol. The van der Waals surface area contributed by atoms with Gasteiger partial charge in [-0.15, -0.1) is 0 Å². The van der Waals surface area contributed by atoms with E-state index in [0.29, 0.717) is 5.92 Å². The summed E-state index contributed by atoms with van der Waals surface area (Å²) < 4.78 is 13.9. The van der Waals surface area contributed by atoms with E-state index in [-0.39, 0.29) is 5.82 Å². The summed E-state index contributed by atoms with van der Waals surface area (Å²) in [6.07, 6.45) is 3.63. The minimum Gasteiger partial charge on any atom is -0.314 e. The first-order chi connectivity index (χ1) is 8.08. The number of benzene rings is 1. The number of nitrogens with one attached hydrogen (secondary N) is 1. The second-order valence-electron chi connectivity index (χ2n) is 5.40. The van der Waals surface area contributed by atoms with Crippen LogP contribution in [0.4, 0.5) is 4.39 Å². The van der Waals surface area contributed by atoms with Crippen molar-refractivity contribution in [1.29, 1.82) is 0 Å². The molecule has 0 amide bonds. The zero-order valence-corrected chi connectivity index (χ0v) is 11.0. The van der Waals surface area contributed by atoms with Gasteiger partial charge in [-0.25, -0.2) is 4.39 Å². The zero-order chi connectivity index (χ0) is 12.4. The van der Waals surface area contributed by atoms with Crippen LogP contribution in [-0.4, -0.2) is 12.6 Å². The summed E-state index contributed by atoms with van der Waals surface area (Å²) in [6.45, 7) is 7.07. The third-order valence-electron chi connectivity index (χ3n) is 3.56. The van der Waals surface area contributed by atoms with Crippen LogP contribution in [0.2, 0.25) is 0 Å². The van der Waals surface area contributed by atoms with Gasteiger partial charge in [0, 0.05) is 6.04 Å². The monoisotopic (exact) mass is 235 g/mol. The largest absolute Gasteiger partial charge is 0.314 e. The van der Waals surface area contributed by atoms with Crippen molar-refractivity contribution >= 4 is 0 Å². The lowest BCUT2D eigenvalue weighted by molar-refractivity contribution is 0.548. The van der Waals surface area contributed by atoms with Gasteiger partial charge in [-0.3, -0.25) is 0 Å². The van der Waals surface area contributed by atoms with Gasteiger partial charge in [0.2, 0.25) is 0 Å². The molecule has 1 aromatic carbocycles. The quantitative estimate of drug-likeness (QED) is 0.820. The maximum Gasteiger partial charge on any atom is 0.127 e. The molecule has 0 aromatic heterocycles. The fraction of sp³-hybridized carbons (Fsp3) is 0.600. The number of hydrogen-bond acceptors (Lipinski definition) is 1. The van der Waals surface area contributed by atoms with Crippen LogP contribution in [0.1, 0.15) is 48.8 Å². The second-order valence-corrected chi connectivity index (χ2v) is 5.40. The molecule has 2 heteroatoms. The molecule has 94 valence electrons. The van der Waals surface area contributed by atoms with Gasteiger partial charge < -0.3 is 5.32 Å². The lowest BCUT2D eigenvalue weighted by Gasteiger charge is -2.16. The van der Waals surface area contributed by atoms with Crippen LogP contribution in [0.15, 0.2) is 12.1 Å². The number of aryl methyl sites for hydroxylation is 2. The summed E-state index contributed by atoms with van der Waals surface area (Å²) in [5, 5.41) is 3.49. The van der Waals surface area contributed by atoms with Gasteiger partial charge in [-0.2, -0.15) is 0 Å². The predicted octanol–water partition coefficient (Wildman–Crippen LogP) is 3.69. The highest BCUT2D eigenvalue weighted by Gasteiger charge is 2.21. The zero-order valence-electron chi connectivity index (χ0n) is 11.0. The molecule has 0 spiro atoms. The molecular weight excluding hydrogens is 213 g/mol. The molecule has 1 aliphatic carbocycles. The van der Waals surface area contributed by atoms with E-state index in [9.17, 15) is 4.39 Å². The summed E-state index contributed by atoms with van der Waals surface area (Å²) in [7, 11) is 0. The van der Waals surface area contributed by atoms with Crippen LogP contribution < -0.4 is 5.32 Å². The van der Waals surface area contributed by atoms with Gasteiger partial charge in [0.15, 0.2) is 0 Å². The SMILES string of the molecule is Cc1cc(C)c(C(C)CCNC2CC2)c(F)c1. The normalized spacial score (nSPS) is 17.2. The molecule has 2 rings (SSSR count). The third kappa shape index (κ3) is 3.29. The maximum atomic E-state index is 13.9. The molecule has 0 heterocycles. The van der Waals surface area contributed by atoms with Crippen molar-refractivity contribution in [3.8, 4) is 0 Å². The van der Waals surface area contributed by atoms with E-state index in [1.807, 2.05) is 13.8 Å². The van der Waals surface area contributed by atoms with Crippen molar-refractivity contribution < 1.29 is 4.39 Å². The van der Waals surface area contributed by atoms with E-state index in [2.05, 4.69) is 18.3 Å². The van der Waals surface area contributed by atoms with Crippen molar-refractivity contribution in [2.24, 2.45) is 0 Å². The molecule has 1 aliphatic rings. The van der Waals surface area contributed by atoms with Crippen LogP contribution in [0.5, 0.6) is 0 Å². The lowest BCUT2D eigenvalue weighted by Crippen LogP contribution is -2.19. The molecule has 0 radical (unpaired) electrons. The number of hydrogen-bond donors (Lipinski definition) is 1. The fourth-order valence-corrected chi connectivity index (χ4v) is 2.49. The maximum absolute atomic E-state index is 13.9. The van der Waals surface area contributed by atoms with Gasteiger partial charge in [0.25, 0.3) is 0 Å². The van der Waals surface area contributed by atoms with Crippen molar-refractivity contribution in [1.82, 2.24) is 5.32 Å². The van der Waals surface area contributed by atoms with Gasteiger partial charge in [0.05, 0.1) is 0 Å². The number of halogens is 1. The van der Waals surface area contributed by atoms with Gasteiger partial charge in [-0.05, 0) is 68.3 Å². The Morgan fingerprint density at radius 1 is 1.35 bits per heavy atom. The van der Waals surface area contributed by atoms with Crippen LogP contribution in [0.3, 0.4) is 0 Å². The molecule has 0 aliphatic heterocycles. The van der Waals surface area contributed by atoms with Gasteiger partial charge in [-0.1, -0.05) is 13.0 Å². The molecule has 1 atom stereocenters. The van der Waals surface area contributed by atoms with Crippen molar-refractivity contribution in [3.05, 3.63) is 34.6 Å². The minimum atomic E-state index is -0.0404. The Hall–Kier alpha value is -0.890. The Morgan fingerprint density at radius 2 is 2.06 bits per heavy atom. The highest BCUT2D eigenvalue weighted by molar-refractivity contribution is 5.34. The molecular formula is C15H22FN. The minimum absolute atomic E-state index is 0.0404. The summed E-state index contributed by atoms with van der Waals surface area (Å²) in [4.78, 5) is 0. The van der Waals surface area contributed by atoms with E-state index in [1.54, 1.807) is 6.07 Å². The Balaban J connectivity index is 1.99. The summed E-state index contributed by atoms with van der Waals surface area (Å²) in [6, 6.07) is 4.46. The molecule has 17 heavy (non-hydrogen) atoms. The van der Waals surface area contributed by atoms with Crippen LogP contribution >= 0.6 is 0 Å². The fourth-order valence-electron chi connectivity index (χ4n) is 2.49. The van der Waals surface area contributed by atoms with E-state index in [0.717, 1.165) is 35.7 Å². The first-order valence-electron chi connectivity index (χ1n) is 6.58. The first kappa shape index (κ1) is 12.6. The topological polar surface area (TPSA) is 12.0 Å². The van der Waals surface area contributed by atoms with Crippen LogP contribution in [0, 0.1) is 19.7 Å². The van der Waals surface area contributed by atoms with E-state index in [4.69, 9.17) is 0 Å². The standard InChI is InChI=1S/C15H22FN/c1-10-8-12(3)15(14(16)9-10)11(2)6-7-17-13-4-5-13/h8-9,11,13,17H,4-7H2,1-3H3. The summed E-state index contributed by atoms with van der Waals surface area (Å²) in [5.74, 6) is 0.253. The van der Waals surface area contributed by atoms with Crippen molar-refractivity contribution in [2.45, 2.75) is 52.0 Å². The van der Waals surface area contributed by atoms with Gasteiger partial charge >= 0.3 is 0 Å². The van der Waals surface area contributed by atoms with E-state index < -0.39 is 0 Å². The average Bonchev–Trinajstić information content (AvgIpc) is 2.99. The molecule has 1 nitrogen and oxygen atoms in total. The van der Waals surface area contributed by atoms with Crippen molar-refractivity contribution in [3.63, 3.8) is 0 Å². The summed E-state index contributed by atoms with van der Waals surface area (Å²) in [5.41, 5.74) is 2.99. The molecule has 1 fully saturated rings. The predicted molar refractivity (Wildman–Crippen MR) is 69.9 cm³/mol. The Bertz CT molecular complexity index is 373. The molecule has 1 N–H and O–H groups in total. The molecule has 0 saturated heterocycles. The second kappa shape index (κ2) is 5.18. The van der Waals surface area contributed by atoms with Crippen LogP contribution in [-0.2, 0) is 0 Å². The lowest BCUT2D eigenvalue weighted by atomic mass is 9.92. The summed E-state index contributed by atoms with van der Waals surface area (Å²) >= 11 is 0. The van der Waals surface area contributed by atoms with E-state index in [1.165, 1.54) is 12.8 Å². The highest BCUT2D eigenvalue weighted by atomic mass is 19.1. The third-order valence-corrected chi connectivity index (χ3v) is 3.56. The Morgan fingerprint density at radius 3 is 2.65 bits per heavy atom. The first-order valence-corrected chi connectivity index (χ1v) is 6.58. The molecule has 0 bridgehead atoms. The number of rotatable bonds is 5. The molecule has 1 saturated carbocycles. The molecule has 1 unspecified atom stereocenters. The van der Waals surface area contributed by atoms with Gasteiger partial charge in [0.1, 0.15) is 5.82 Å². The highest BCUT2D eigenvalue weighted by Crippen LogP contribution is 2.27. The Labute approximate surface area is 103 Å². The van der Waals surface area contributed by atoms with E-state index >= 15 is 0 Å². The smallest absolute Gasteiger partial charge is 0.127 e. The van der Waals surface area contributed by atoms with Crippen molar-refractivity contribution in [2.75, 3.05) is 6.54 Å².